The van der Waals surface area contributed by atoms with Crippen molar-refractivity contribution in [3.8, 4) is 0 Å². The average molecular weight is 219 g/mol. The molecule has 0 unspecified atom stereocenters. The van der Waals surface area contributed by atoms with Gasteiger partial charge in [-0.15, -0.1) is 0 Å². The van der Waals surface area contributed by atoms with Crippen molar-refractivity contribution in [2.24, 2.45) is 0 Å². The first-order valence-electron chi connectivity index (χ1n) is 3.74. The maximum Gasteiger partial charge on any atom is 0.356 e. The molecule has 72 valence electrons. The van der Waals surface area contributed by atoms with Crippen LogP contribution >= 0.6 is 11.8 Å². The number of hydrogen-bond acceptors (Lipinski definition) is 3. The molecular formula is C8H11ClN2OS. The van der Waals surface area contributed by atoms with E-state index >= 15 is 0 Å². The number of nitrogens with one attached hydrogen (secondary N) is 1. The van der Waals surface area contributed by atoms with Crippen LogP contribution in [0.1, 0.15) is 13.3 Å². The Kier molecular flexibility index (Phi) is 6.54. The zero-order chi connectivity index (χ0) is 8.81. The summed E-state index contributed by atoms with van der Waals surface area (Å²) < 4.78 is 0. The second kappa shape index (κ2) is 6.86. The first-order valence-corrected chi connectivity index (χ1v) is 4.72. The standard InChI is InChI=1S/C8H10N2OS.ClH/c1-7(11)3-6-12-8-9-4-2-5-10-8;/h2,4-5H,3,6H2,1H3;1H. The summed E-state index contributed by atoms with van der Waals surface area (Å²) in [5.74, 6) is 1.02. The number of rotatable bonds is 4. The number of thioether (sulfide) groups is 1. The van der Waals surface area contributed by atoms with Crippen molar-refractivity contribution in [2.45, 2.75) is 18.5 Å². The molecule has 0 radical (unpaired) electrons. The predicted molar refractivity (Wildman–Crippen MR) is 46.8 cm³/mol. The first-order chi connectivity index (χ1) is 5.79. The number of aromatic amines is 1. The Morgan fingerprint density at radius 2 is 2.46 bits per heavy atom. The fraction of sp³-hybridized carbons (Fsp3) is 0.375. The van der Waals surface area contributed by atoms with Gasteiger partial charge in [0.05, 0.1) is 6.20 Å². The monoisotopic (exact) mass is 218 g/mol. The maximum atomic E-state index is 10.6. The quantitative estimate of drug-likeness (QED) is 0.433. The molecule has 0 aliphatic heterocycles. The zero-order valence-electron chi connectivity index (χ0n) is 7.29. The molecule has 0 amide bonds. The summed E-state index contributed by atoms with van der Waals surface area (Å²) in [6.07, 6.45) is 4.16. The van der Waals surface area contributed by atoms with Crippen molar-refractivity contribution in [3.63, 3.8) is 0 Å². The molecule has 0 spiro atoms. The number of hydrogen-bond donors (Lipinski definition) is 0. The number of carbonyl (C=O) groups excluding carboxylic acids is 1. The van der Waals surface area contributed by atoms with E-state index in [4.69, 9.17) is 0 Å². The van der Waals surface area contributed by atoms with E-state index in [0.717, 1.165) is 10.9 Å². The minimum absolute atomic E-state index is 0. The Morgan fingerprint density at radius 3 is 3.00 bits per heavy atom. The molecule has 0 bridgehead atoms. The number of ketones is 1. The highest BCUT2D eigenvalue weighted by atomic mass is 35.5. The molecule has 1 rings (SSSR count). The van der Waals surface area contributed by atoms with Crippen LogP contribution in [0.25, 0.3) is 0 Å². The van der Waals surface area contributed by atoms with Crippen LogP contribution in [0.2, 0.25) is 0 Å². The third-order valence-corrected chi connectivity index (χ3v) is 2.18. The lowest BCUT2D eigenvalue weighted by molar-refractivity contribution is -0.433. The summed E-state index contributed by atoms with van der Waals surface area (Å²) in [7, 11) is 0. The first kappa shape index (κ1) is 12.4. The highest BCUT2D eigenvalue weighted by Crippen LogP contribution is 2.09. The summed E-state index contributed by atoms with van der Waals surface area (Å²) in [4.78, 5) is 17.6. The molecule has 0 aromatic carbocycles. The number of nitrogens with zero attached hydrogens (tertiary/aromatic N) is 1. The van der Waals surface area contributed by atoms with Gasteiger partial charge in [0.2, 0.25) is 0 Å². The van der Waals surface area contributed by atoms with Crippen molar-refractivity contribution in [3.05, 3.63) is 18.5 Å². The van der Waals surface area contributed by atoms with Crippen LogP contribution in [0.4, 0.5) is 0 Å². The van der Waals surface area contributed by atoms with Crippen LogP contribution < -0.4 is 17.4 Å². The topological polar surface area (TPSA) is 44.1 Å². The van der Waals surface area contributed by atoms with E-state index in [9.17, 15) is 4.79 Å². The SMILES string of the molecule is CC(=O)CCSc1nccc[nH+]1.[Cl-]. The van der Waals surface area contributed by atoms with Gasteiger partial charge in [0.1, 0.15) is 12.0 Å². The molecule has 3 nitrogen and oxygen atoms in total. The fourth-order valence-electron chi connectivity index (χ4n) is 0.681. The van der Waals surface area contributed by atoms with Gasteiger partial charge in [0.15, 0.2) is 0 Å². The molecule has 1 N–H and O–H groups in total. The summed E-state index contributed by atoms with van der Waals surface area (Å²) in [6.45, 7) is 1.60. The largest absolute Gasteiger partial charge is 1.00 e. The molecule has 0 aliphatic rings. The van der Waals surface area contributed by atoms with Crippen molar-refractivity contribution in [1.29, 1.82) is 0 Å². The second-order valence-corrected chi connectivity index (χ2v) is 3.47. The lowest BCUT2D eigenvalue weighted by atomic mass is 10.4. The number of aromatic nitrogens is 2. The fourth-order valence-corrected chi connectivity index (χ4v) is 1.55. The minimum atomic E-state index is 0. The number of Topliss-reactive ketones (excluding diaryl/α,β-unsaturated/α-hetero) is 1. The Hall–Kier alpha value is -0.610. The third-order valence-electron chi connectivity index (χ3n) is 1.27. The number of carbonyl (C=O) groups is 1. The molecule has 0 aliphatic carbocycles. The molecule has 5 heteroatoms. The van der Waals surface area contributed by atoms with Crippen molar-refractivity contribution < 1.29 is 22.2 Å². The Balaban J connectivity index is 0.00000144. The van der Waals surface area contributed by atoms with E-state index in [1.165, 1.54) is 0 Å². The van der Waals surface area contributed by atoms with Gasteiger partial charge in [0.25, 0.3) is 0 Å². The van der Waals surface area contributed by atoms with Crippen molar-refractivity contribution in [2.75, 3.05) is 5.75 Å². The molecule has 0 saturated carbocycles. The van der Waals surface area contributed by atoms with Crippen LogP contribution in [0.3, 0.4) is 0 Å². The smallest absolute Gasteiger partial charge is 0.356 e. The van der Waals surface area contributed by atoms with Crippen LogP contribution in [0, 0.1) is 0 Å². The normalized spacial score (nSPS) is 9.00. The average Bonchev–Trinajstić information content (AvgIpc) is 2.05. The van der Waals surface area contributed by atoms with E-state index in [2.05, 4.69) is 9.97 Å². The van der Waals surface area contributed by atoms with Gasteiger partial charge < -0.3 is 12.4 Å². The van der Waals surface area contributed by atoms with Gasteiger partial charge in [-0.25, -0.2) is 4.98 Å². The van der Waals surface area contributed by atoms with Crippen LogP contribution in [-0.2, 0) is 4.79 Å². The Labute approximate surface area is 87.8 Å². The predicted octanol–water partition coefficient (Wildman–Crippen LogP) is -2.03. The molecular weight excluding hydrogens is 208 g/mol. The highest BCUT2D eigenvalue weighted by Gasteiger charge is 2.03. The number of H-pyrrole nitrogens is 1. The summed E-state index contributed by atoms with van der Waals surface area (Å²) in [6, 6.07) is 1.83. The zero-order valence-corrected chi connectivity index (χ0v) is 8.86. The van der Waals surface area contributed by atoms with Gasteiger partial charge in [-0.3, -0.25) is 4.79 Å². The molecule has 13 heavy (non-hydrogen) atoms. The van der Waals surface area contributed by atoms with Crippen LogP contribution in [0.15, 0.2) is 23.6 Å². The Morgan fingerprint density at radius 1 is 1.69 bits per heavy atom. The second-order valence-electron chi connectivity index (χ2n) is 2.39. The van der Waals surface area contributed by atoms with Gasteiger partial charge in [0, 0.05) is 18.2 Å². The van der Waals surface area contributed by atoms with Crippen LogP contribution in [0.5, 0.6) is 0 Å². The Bertz CT molecular complexity index is 256. The van der Waals surface area contributed by atoms with Gasteiger partial charge in [-0.05, 0) is 23.7 Å². The maximum absolute atomic E-state index is 10.6. The molecule has 0 saturated heterocycles. The number of halogens is 1. The van der Waals surface area contributed by atoms with Gasteiger partial charge in [-0.2, -0.15) is 0 Å². The van der Waals surface area contributed by atoms with E-state index in [-0.39, 0.29) is 18.2 Å². The van der Waals surface area contributed by atoms with E-state index in [0.29, 0.717) is 6.42 Å². The lowest BCUT2D eigenvalue weighted by Crippen LogP contribution is -3.00. The molecule has 0 atom stereocenters. The molecule has 1 heterocycles. The summed E-state index contributed by atoms with van der Waals surface area (Å²) in [5, 5.41) is 0.860. The van der Waals surface area contributed by atoms with Crippen molar-refractivity contribution >= 4 is 17.5 Å². The van der Waals surface area contributed by atoms with Gasteiger partial charge >= 0.3 is 5.16 Å². The highest BCUT2D eigenvalue weighted by molar-refractivity contribution is 7.99. The van der Waals surface area contributed by atoms with E-state index in [1.807, 2.05) is 12.3 Å². The molecule has 1 aromatic heterocycles. The molecule has 0 fully saturated rings. The van der Waals surface area contributed by atoms with Gasteiger partial charge in [-0.1, -0.05) is 0 Å². The van der Waals surface area contributed by atoms with Crippen LogP contribution in [-0.4, -0.2) is 16.5 Å². The summed E-state index contributed by atoms with van der Waals surface area (Å²) in [5.41, 5.74) is 0. The van der Waals surface area contributed by atoms with Crippen molar-refractivity contribution in [1.82, 2.24) is 4.98 Å². The lowest BCUT2D eigenvalue weighted by Gasteiger charge is -1.90. The third kappa shape index (κ3) is 5.60. The van der Waals surface area contributed by atoms with E-state index < -0.39 is 0 Å². The van der Waals surface area contributed by atoms with E-state index in [1.54, 1.807) is 24.9 Å². The molecule has 1 aromatic rings. The summed E-state index contributed by atoms with van der Waals surface area (Å²) >= 11 is 1.56. The minimum Gasteiger partial charge on any atom is -1.00 e.